The summed E-state index contributed by atoms with van der Waals surface area (Å²) in [7, 11) is 0. The maximum absolute atomic E-state index is 13.3. The smallest absolute Gasteiger partial charge is 0.326 e. The summed E-state index contributed by atoms with van der Waals surface area (Å²) < 4.78 is 0. The second kappa shape index (κ2) is 13.2. The van der Waals surface area contributed by atoms with Crippen LogP contribution in [0.3, 0.4) is 0 Å². The minimum absolute atomic E-state index is 0.00563. The first-order chi connectivity index (χ1) is 18.9. The van der Waals surface area contributed by atoms with E-state index in [2.05, 4.69) is 20.9 Å². The first-order valence-electron chi connectivity index (χ1n) is 12.4. The van der Waals surface area contributed by atoms with E-state index in [1.165, 1.54) is 31.2 Å². The molecular formula is C27H31N5O8. The lowest BCUT2D eigenvalue weighted by Gasteiger charge is -2.24. The molecule has 13 nitrogen and oxygen atoms in total. The fraction of sp³-hybridized carbons (Fsp3) is 0.296. The highest BCUT2D eigenvalue weighted by Crippen LogP contribution is 2.19. The van der Waals surface area contributed by atoms with Gasteiger partial charge < -0.3 is 42.0 Å². The van der Waals surface area contributed by atoms with Crippen LogP contribution in [-0.2, 0) is 36.8 Å². The number of hydrogen-bond acceptors (Lipinski definition) is 7. The molecule has 1 heterocycles. The zero-order valence-corrected chi connectivity index (χ0v) is 21.6. The summed E-state index contributed by atoms with van der Waals surface area (Å²) in [5.74, 6) is -5.36. The Labute approximate surface area is 228 Å². The number of aromatic hydroxyl groups is 1. The Hall–Kier alpha value is -4.91. The molecule has 13 heteroatoms. The third-order valence-corrected chi connectivity index (χ3v) is 6.15. The number of H-pyrrole nitrogens is 1. The van der Waals surface area contributed by atoms with Crippen molar-refractivity contribution < 1.29 is 39.3 Å². The van der Waals surface area contributed by atoms with Crippen molar-refractivity contribution >= 4 is 40.6 Å². The van der Waals surface area contributed by atoms with Gasteiger partial charge in [-0.2, -0.15) is 0 Å². The molecule has 9 N–H and O–H groups in total. The van der Waals surface area contributed by atoms with Crippen molar-refractivity contribution in [2.24, 2.45) is 5.73 Å². The lowest BCUT2D eigenvalue weighted by molar-refractivity contribution is -0.143. The number of benzene rings is 2. The third kappa shape index (κ3) is 8.04. The number of nitrogens with one attached hydrogen (secondary N) is 4. The van der Waals surface area contributed by atoms with E-state index in [1.807, 2.05) is 18.2 Å². The number of para-hydroxylation sites is 1. The number of carboxylic acids is 2. The van der Waals surface area contributed by atoms with Crippen LogP contribution < -0.4 is 21.7 Å². The van der Waals surface area contributed by atoms with Crippen LogP contribution in [0.4, 0.5) is 0 Å². The number of hydrogen-bond donors (Lipinski definition) is 8. The van der Waals surface area contributed by atoms with E-state index in [9.17, 15) is 39.3 Å². The van der Waals surface area contributed by atoms with E-state index in [-0.39, 0.29) is 18.6 Å². The highest BCUT2D eigenvalue weighted by Gasteiger charge is 2.32. The lowest BCUT2D eigenvalue weighted by Crippen LogP contribution is -2.58. The Balaban J connectivity index is 1.80. The van der Waals surface area contributed by atoms with Crippen LogP contribution in [0.1, 0.15) is 24.5 Å². The topological polar surface area (TPSA) is 224 Å². The number of amides is 3. The number of phenols is 1. The van der Waals surface area contributed by atoms with E-state index in [0.717, 1.165) is 10.9 Å². The van der Waals surface area contributed by atoms with Crippen molar-refractivity contribution in [3.8, 4) is 5.75 Å². The highest BCUT2D eigenvalue weighted by molar-refractivity contribution is 5.96. The van der Waals surface area contributed by atoms with Crippen LogP contribution in [0.5, 0.6) is 5.75 Å². The molecule has 0 saturated carbocycles. The predicted molar refractivity (Wildman–Crippen MR) is 143 cm³/mol. The average molecular weight is 554 g/mol. The molecule has 212 valence electrons. The van der Waals surface area contributed by atoms with Crippen LogP contribution in [0.25, 0.3) is 10.9 Å². The summed E-state index contributed by atoms with van der Waals surface area (Å²) in [5.41, 5.74) is 7.62. The zero-order chi connectivity index (χ0) is 29.4. The van der Waals surface area contributed by atoms with Crippen molar-refractivity contribution in [3.63, 3.8) is 0 Å². The van der Waals surface area contributed by atoms with Crippen LogP contribution in [0.2, 0.25) is 0 Å². The number of rotatable bonds is 13. The fourth-order valence-electron chi connectivity index (χ4n) is 4.03. The second-order valence-corrected chi connectivity index (χ2v) is 9.34. The molecule has 0 bridgehead atoms. The van der Waals surface area contributed by atoms with Crippen molar-refractivity contribution in [1.82, 2.24) is 20.9 Å². The van der Waals surface area contributed by atoms with Gasteiger partial charge in [-0.3, -0.25) is 19.2 Å². The summed E-state index contributed by atoms with van der Waals surface area (Å²) in [4.78, 5) is 65.1. The van der Waals surface area contributed by atoms with E-state index >= 15 is 0 Å². The number of carbonyl (C=O) groups excluding carboxylic acids is 3. The molecule has 0 fully saturated rings. The van der Waals surface area contributed by atoms with E-state index in [0.29, 0.717) is 11.1 Å². The normalized spacial score (nSPS) is 13.9. The Morgan fingerprint density at radius 1 is 0.825 bits per heavy atom. The Bertz CT molecular complexity index is 1390. The maximum atomic E-state index is 13.3. The molecule has 40 heavy (non-hydrogen) atoms. The van der Waals surface area contributed by atoms with Crippen molar-refractivity contribution in [2.45, 2.75) is 50.4 Å². The molecule has 0 spiro atoms. The number of nitrogens with two attached hydrogens (primary N) is 1. The number of fused-ring (bicyclic) bond motifs is 1. The maximum Gasteiger partial charge on any atom is 0.326 e. The monoisotopic (exact) mass is 553 g/mol. The second-order valence-electron chi connectivity index (χ2n) is 9.34. The van der Waals surface area contributed by atoms with Gasteiger partial charge in [-0.1, -0.05) is 30.3 Å². The minimum Gasteiger partial charge on any atom is -0.508 e. The minimum atomic E-state index is -1.65. The lowest BCUT2D eigenvalue weighted by atomic mass is 10.0. The molecule has 0 aliphatic rings. The van der Waals surface area contributed by atoms with Crippen LogP contribution in [0, 0.1) is 0 Å². The van der Waals surface area contributed by atoms with Crippen molar-refractivity contribution in [1.29, 1.82) is 0 Å². The standard InChI is InChI=1S/C27H31N5O8/c1-14(28)24(36)30-20(11-16-13-29-19-5-3-2-4-18(16)19)25(37)31-21(12-23(34)35)26(38)32-22(27(39)40)10-15-6-8-17(33)9-7-15/h2-9,13-14,20-22,29,33H,10-12,28H2,1H3,(H,30,36)(H,31,37)(H,32,38)(H,34,35)(H,39,40). The number of aromatic amines is 1. The van der Waals surface area contributed by atoms with Crippen molar-refractivity contribution in [2.75, 3.05) is 0 Å². The van der Waals surface area contributed by atoms with Gasteiger partial charge in [0.15, 0.2) is 0 Å². The largest absolute Gasteiger partial charge is 0.508 e. The van der Waals surface area contributed by atoms with E-state index < -0.39 is 60.2 Å². The Morgan fingerprint density at radius 2 is 1.43 bits per heavy atom. The zero-order valence-electron chi connectivity index (χ0n) is 21.6. The number of aliphatic carboxylic acids is 2. The van der Waals surface area contributed by atoms with Gasteiger partial charge in [-0.05, 0) is 36.2 Å². The van der Waals surface area contributed by atoms with Gasteiger partial charge in [-0.15, -0.1) is 0 Å². The first kappa shape index (κ1) is 29.6. The van der Waals surface area contributed by atoms with Crippen LogP contribution in [-0.4, -0.2) is 74.1 Å². The van der Waals surface area contributed by atoms with E-state index in [1.54, 1.807) is 12.3 Å². The van der Waals surface area contributed by atoms with Gasteiger partial charge in [0.1, 0.15) is 23.9 Å². The Kier molecular flexibility index (Phi) is 9.81. The molecule has 2 aromatic carbocycles. The molecule has 0 radical (unpaired) electrons. The first-order valence-corrected chi connectivity index (χ1v) is 12.4. The molecule has 0 aliphatic heterocycles. The number of carbonyl (C=O) groups is 5. The predicted octanol–water partition coefficient (Wildman–Crippen LogP) is 0.0196. The van der Waals surface area contributed by atoms with Gasteiger partial charge in [0, 0.05) is 29.9 Å². The molecule has 0 aliphatic carbocycles. The fourth-order valence-corrected chi connectivity index (χ4v) is 4.03. The molecular weight excluding hydrogens is 522 g/mol. The SMILES string of the molecule is CC(N)C(=O)NC(Cc1c[nH]c2ccccc12)C(=O)NC(CC(=O)O)C(=O)NC(Cc1ccc(O)cc1)C(=O)O. The van der Waals surface area contributed by atoms with Crippen LogP contribution in [0.15, 0.2) is 54.7 Å². The molecule has 3 rings (SSSR count). The van der Waals surface area contributed by atoms with Gasteiger partial charge in [0.05, 0.1) is 12.5 Å². The van der Waals surface area contributed by atoms with Gasteiger partial charge in [-0.25, -0.2) is 4.79 Å². The van der Waals surface area contributed by atoms with Crippen LogP contribution >= 0.6 is 0 Å². The summed E-state index contributed by atoms with van der Waals surface area (Å²) in [6.07, 6.45) is 0.659. The molecule has 4 unspecified atom stereocenters. The molecule has 3 amide bonds. The summed E-state index contributed by atoms with van der Waals surface area (Å²) in [6, 6.07) is 7.67. The number of carboxylic acid groups (broad SMARTS) is 2. The summed E-state index contributed by atoms with van der Waals surface area (Å²) in [5, 5.41) is 36.4. The third-order valence-electron chi connectivity index (χ3n) is 6.15. The summed E-state index contributed by atoms with van der Waals surface area (Å²) in [6.45, 7) is 1.43. The molecule has 4 atom stereocenters. The molecule has 1 aromatic heterocycles. The van der Waals surface area contributed by atoms with Gasteiger partial charge in [0.25, 0.3) is 0 Å². The molecule has 3 aromatic rings. The van der Waals surface area contributed by atoms with E-state index in [4.69, 9.17) is 5.73 Å². The number of aromatic nitrogens is 1. The highest BCUT2D eigenvalue weighted by atomic mass is 16.4. The summed E-state index contributed by atoms with van der Waals surface area (Å²) >= 11 is 0. The van der Waals surface area contributed by atoms with Gasteiger partial charge in [0.2, 0.25) is 17.7 Å². The molecule has 0 saturated heterocycles. The Morgan fingerprint density at radius 3 is 2.05 bits per heavy atom. The average Bonchev–Trinajstić information content (AvgIpc) is 3.30. The quantitative estimate of drug-likeness (QED) is 0.143. The van der Waals surface area contributed by atoms with Crippen molar-refractivity contribution in [3.05, 3.63) is 65.9 Å². The van der Waals surface area contributed by atoms with Gasteiger partial charge >= 0.3 is 11.9 Å². The number of phenolic OH excluding ortho intramolecular Hbond substituents is 1.